The second-order valence-corrected chi connectivity index (χ2v) is 4.83. The standard InChI is InChI=1S/C15H20N2O3/c1-20-13-5-2-12(3-6-13)4-7-15(19)17-10-8-14(18)16-9-11-17/h2-3,5-6H,4,7-11H2,1H3,(H,16,18). The third-order valence-corrected chi connectivity index (χ3v) is 3.45. The van der Waals surface area contributed by atoms with E-state index in [0.717, 1.165) is 11.3 Å². The van der Waals surface area contributed by atoms with E-state index in [2.05, 4.69) is 5.32 Å². The molecule has 2 rings (SSSR count). The number of carbonyl (C=O) groups is 2. The highest BCUT2D eigenvalue weighted by Gasteiger charge is 2.17. The second-order valence-electron chi connectivity index (χ2n) is 4.83. The normalized spacial score (nSPS) is 15.4. The lowest BCUT2D eigenvalue weighted by Crippen LogP contribution is -2.34. The van der Waals surface area contributed by atoms with Gasteiger partial charge in [0.15, 0.2) is 0 Å². The minimum absolute atomic E-state index is 0.0236. The Hall–Kier alpha value is -2.04. The summed E-state index contributed by atoms with van der Waals surface area (Å²) < 4.78 is 5.10. The molecule has 0 aromatic heterocycles. The highest BCUT2D eigenvalue weighted by molar-refractivity contribution is 5.80. The molecule has 1 aliphatic rings. The second kappa shape index (κ2) is 6.93. The first kappa shape index (κ1) is 14.4. The zero-order chi connectivity index (χ0) is 14.4. The quantitative estimate of drug-likeness (QED) is 0.891. The van der Waals surface area contributed by atoms with Gasteiger partial charge in [0.05, 0.1) is 7.11 Å². The summed E-state index contributed by atoms with van der Waals surface area (Å²) >= 11 is 0. The predicted octanol–water partition coefficient (Wildman–Crippen LogP) is 0.976. The van der Waals surface area contributed by atoms with Crippen molar-refractivity contribution in [3.63, 3.8) is 0 Å². The number of nitrogens with zero attached hydrogens (tertiary/aromatic N) is 1. The summed E-state index contributed by atoms with van der Waals surface area (Å²) in [7, 11) is 1.63. The molecule has 0 spiro atoms. The Morgan fingerprint density at radius 1 is 1.30 bits per heavy atom. The summed E-state index contributed by atoms with van der Waals surface area (Å²) in [5.41, 5.74) is 1.11. The van der Waals surface area contributed by atoms with Gasteiger partial charge in [-0.15, -0.1) is 0 Å². The van der Waals surface area contributed by atoms with E-state index in [4.69, 9.17) is 4.74 Å². The first-order valence-corrected chi connectivity index (χ1v) is 6.86. The Labute approximate surface area is 118 Å². The van der Waals surface area contributed by atoms with Crippen molar-refractivity contribution in [2.45, 2.75) is 19.3 Å². The first-order valence-electron chi connectivity index (χ1n) is 6.86. The number of ether oxygens (including phenoxy) is 1. The number of nitrogens with one attached hydrogen (secondary N) is 1. The number of methoxy groups -OCH3 is 1. The first-order chi connectivity index (χ1) is 9.69. The van der Waals surface area contributed by atoms with Crippen LogP contribution in [0, 0.1) is 0 Å². The van der Waals surface area contributed by atoms with Crippen LogP contribution in [0.15, 0.2) is 24.3 Å². The van der Waals surface area contributed by atoms with Gasteiger partial charge in [0.25, 0.3) is 0 Å². The molecule has 1 heterocycles. The van der Waals surface area contributed by atoms with Crippen molar-refractivity contribution in [3.05, 3.63) is 29.8 Å². The lowest BCUT2D eigenvalue weighted by molar-refractivity contribution is -0.131. The molecule has 0 aliphatic carbocycles. The molecule has 1 saturated heterocycles. The molecule has 0 saturated carbocycles. The van der Waals surface area contributed by atoms with E-state index >= 15 is 0 Å². The summed E-state index contributed by atoms with van der Waals surface area (Å²) in [4.78, 5) is 25.1. The number of carbonyl (C=O) groups excluding carboxylic acids is 2. The van der Waals surface area contributed by atoms with Crippen molar-refractivity contribution < 1.29 is 14.3 Å². The summed E-state index contributed by atoms with van der Waals surface area (Å²) in [5.74, 6) is 0.949. The van der Waals surface area contributed by atoms with Crippen molar-refractivity contribution in [3.8, 4) is 5.75 Å². The molecular weight excluding hydrogens is 256 g/mol. The van der Waals surface area contributed by atoms with Gasteiger partial charge in [0.1, 0.15) is 5.75 Å². The van der Waals surface area contributed by atoms with Crippen LogP contribution in [0.1, 0.15) is 18.4 Å². The molecule has 0 atom stereocenters. The van der Waals surface area contributed by atoms with Crippen LogP contribution in [-0.2, 0) is 16.0 Å². The topological polar surface area (TPSA) is 58.6 Å². The monoisotopic (exact) mass is 276 g/mol. The maximum atomic E-state index is 12.1. The van der Waals surface area contributed by atoms with Crippen LogP contribution in [0.2, 0.25) is 0 Å². The Kier molecular flexibility index (Phi) is 4.98. The molecule has 5 nitrogen and oxygen atoms in total. The number of benzene rings is 1. The molecule has 108 valence electrons. The van der Waals surface area contributed by atoms with Crippen molar-refractivity contribution in [1.29, 1.82) is 0 Å². The SMILES string of the molecule is COc1ccc(CCC(=O)N2CCNC(=O)CC2)cc1. The smallest absolute Gasteiger partial charge is 0.222 e. The number of aryl methyl sites for hydroxylation is 1. The van der Waals surface area contributed by atoms with Gasteiger partial charge in [-0.05, 0) is 24.1 Å². The van der Waals surface area contributed by atoms with Crippen molar-refractivity contribution in [2.24, 2.45) is 0 Å². The van der Waals surface area contributed by atoms with Gasteiger partial charge >= 0.3 is 0 Å². The van der Waals surface area contributed by atoms with Gasteiger partial charge in [0, 0.05) is 32.5 Å². The van der Waals surface area contributed by atoms with Crippen molar-refractivity contribution in [2.75, 3.05) is 26.7 Å². The van der Waals surface area contributed by atoms with E-state index in [9.17, 15) is 9.59 Å². The van der Waals surface area contributed by atoms with E-state index in [0.29, 0.717) is 38.9 Å². The molecule has 20 heavy (non-hydrogen) atoms. The Bertz CT molecular complexity index is 471. The largest absolute Gasteiger partial charge is 0.497 e. The van der Waals surface area contributed by atoms with E-state index in [1.807, 2.05) is 24.3 Å². The summed E-state index contributed by atoms with van der Waals surface area (Å²) in [6, 6.07) is 7.74. The van der Waals surface area contributed by atoms with E-state index < -0.39 is 0 Å². The Morgan fingerprint density at radius 3 is 2.75 bits per heavy atom. The molecule has 1 aliphatic heterocycles. The highest BCUT2D eigenvalue weighted by Crippen LogP contribution is 2.13. The fraction of sp³-hybridized carbons (Fsp3) is 0.467. The predicted molar refractivity (Wildman–Crippen MR) is 75.5 cm³/mol. The van der Waals surface area contributed by atoms with Crippen LogP contribution in [-0.4, -0.2) is 43.5 Å². The van der Waals surface area contributed by atoms with E-state index in [1.165, 1.54) is 0 Å². The molecule has 0 radical (unpaired) electrons. The van der Waals surface area contributed by atoms with Gasteiger partial charge in [-0.25, -0.2) is 0 Å². The Balaban J connectivity index is 1.83. The third-order valence-electron chi connectivity index (χ3n) is 3.45. The van der Waals surface area contributed by atoms with E-state index in [1.54, 1.807) is 12.0 Å². The fourth-order valence-corrected chi connectivity index (χ4v) is 2.22. The van der Waals surface area contributed by atoms with Crippen molar-refractivity contribution in [1.82, 2.24) is 10.2 Å². The zero-order valence-electron chi connectivity index (χ0n) is 11.7. The van der Waals surface area contributed by atoms with Gasteiger partial charge < -0.3 is 15.0 Å². The Morgan fingerprint density at radius 2 is 2.05 bits per heavy atom. The van der Waals surface area contributed by atoms with Gasteiger partial charge in [-0.2, -0.15) is 0 Å². The molecule has 1 aromatic rings. The van der Waals surface area contributed by atoms with Crippen LogP contribution in [0.5, 0.6) is 5.75 Å². The number of hydrogen-bond acceptors (Lipinski definition) is 3. The van der Waals surface area contributed by atoms with Crippen molar-refractivity contribution >= 4 is 11.8 Å². The number of amides is 2. The lowest BCUT2D eigenvalue weighted by Gasteiger charge is -2.19. The average molecular weight is 276 g/mol. The maximum Gasteiger partial charge on any atom is 0.222 e. The minimum atomic E-state index is 0.0236. The molecule has 5 heteroatoms. The highest BCUT2D eigenvalue weighted by atomic mass is 16.5. The molecule has 0 unspecified atom stereocenters. The zero-order valence-corrected chi connectivity index (χ0v) is 11.7. The van der Waals surface area contributed by atoms with Crippen LogP contribution in [0.25, 0.3) is 0 Å². The molecule has 1 N–H and O–H groups in total. The van der Waals surface area contributed by atoms with Crippen LogP contribution >= 0.6 is 0 Å². The fourth-order valence-electron chi connectivity index (χ4n) is 2.22. The van der Waals surface area contributed by atoms with Crippen LogP contribution in [0.3, 0.4) is 0 Å². The molecule has 1 fully saturated rings. The van der Waals surface area contributed by atoms with Crippen LogP contribution in [0.4, 0.5) is 0 Å². The molecule has 2 amide bonds. The van der Waals surface area contributed by atoms with Gasteiger partial charge in [-0.3, -0.25) is 9.59 Å². The minimum Gasteiger partial charge on any atom is -0.497 e. The lowest BCUT2D eigenvalue weighted by atomic mass is 10.1. The summed E-state index contributed by atoms with van der Waals surface area (Å²) in [5, 5.41) is 2.77. The summed E-state index contributed by atoms with van der Waals surface area (Å²) in [6.45, 7) is 1.67. The van der Waals surface area contributed by atoms with E-state index in [-0.39, 0.29) is 11.8 Å². The average Bonchev–Trinajstić information content (AvgIpc) is 2.70. The number of rotatable bonds is 4. The maximum absolute atomic E-state index is 12.1. The summed E-state index contributed by atoms with van der Waals surface area (Å²) in [6.07, 6.45) is 1.58. The molecule has 1 aromatic carbocycles. The molecule has 0 bridgehead atoms. The van der Waals surface area contributed by atoms with Gasteiger partial charge in [0.2, 0.25) is 11.8 Å². The number of hydrogen-bond donors (Lipinski definition) is 1. The third kappa shape index (κ3) is 3.98. The van der Waals surface area contributed by atoms with Crippen LogP contribution < -0.4 is 10.1 Å². The molecular formula is C15H20N2O3. The van der Waals surface area contributed by atoms with Gasteiger partial charge in [-0.1, -0.05) is 12.1 Å².